The summed E-state index contributed by atoms with van der Waals surface area (Å²) >= 11 is 0. The SMILES string of the molecule is CCC1=CC=CC1[C@@H](OC)c1ccccc1P(c1ccccc1)c1ccccc1. The van der Waals surface area contributed by atoms with Crippen LogP contribution in [0.5, 0.6) is 0 Å². The standard InChI is InChI=1S/C27H27OP/c1-3-21-13-12-19-24(21)27(28-2)25-18-10-11-20-26(25)29(22-14-6-4-7-15-22)23-16-8-5-9-17-23/h4-20,24,27H,3H2,1-2H3/t24?,27-/m1/s1. The summed E-state index contributed by atoms with van der Waals surface area (Å²) in [6.07, 6.45) is 7.78. The van der Waals surface area contributed by atoms with Crippen molar-refractivity contribution in [2.75, 3.05) is 7.11 Å². The first-order valence-corrected chi connectivity index (χ1v) is 11.6. The van der Waals surface area contributed by atoms with Crippen molar-refractivity contribution in [2.45, 2.75) is 19.4 Å². The van der Waals surface area contributed by atoms with E-state index in [4.69, 9.17) is 4.74 Å². The molecule has 0 heterocycles. The average molecular weight is 398 g/mol. The Hall–Kier alpha value is -2.47. The van der Waals surface area contributed by atoms with Gasteiger partial charge in [0.15, 0.2) is 0 Å². The highest BCUT2D eigenvalue weighted by Gasteiger charge is 2.30. The lowest BCUT2D eigenvalue weighted by Gasteiger charge is -2.29. The highest BCUT2D eigenvalue weighted by atomic mass is 31.1. The summed E-state index contributed by atoms with van der Waals surface area (Å²) in [4.78, 5) is 0. The predicted molar refractivity (Wildman–Crippen MR) is 126 cm³/mol. The third-order valence-corrected chi connectivity index (χ3v) is 8.08. The molecule has 2 heteroatoms. The number of hydrogen-bond donors (Lipinski definition) is 0. The lowest BCUT2D eigenvalue weighted by atomic mass is 9.90. The van der Waals surface area contributed by atoms with Crippen molar-refractivity contribution in [1.29, 1.82) is 0 Å². The molecule has 2 atom stereocenters. The van der Waals surface area contributed by atoms with Gasteiger partial charge in [0, 0.05) is 13.0 Å². The molecule has 0 N–H and O–H groups in total. The number of benzene rings is 3. The topological polar surface area (TPSA) is 9.23 Å². The quantitative estimate of drug-likeness (QED) is 0.467. The first-order chi connectivity index (χ1) is 14.3. The summed E-state index contributed by atoms with van der Waals surface area (Å²) in [5, 5.41) is 4.11. The highest BCUT2D eigenvalue weighted by molar-refractivity contribution is 7.79. The van der Waals surface area contributed by atoms with E-state index in [-0.39, 0.29) is 6.10 Å². The Morgan fingerprint density at radius 1 is 0.828 bits per heavy atom. The van der Waals surface area contributed by atoms with Crippen LogP contribution in [0.3, 0.4) is 0 Å². The molecular weight excluding hydrogens is 371 g/mol. The van der Waals surface area contributed by atoms with E-state index >= 15 is 0 Å². The van der Waals surface area contributed by atoms with Gasteiger partial charge in [-0.05, 0) is 35.8 Å². The maximum Gasteiger partial charge on any atom is 0.0927 e. The van der Waals surface area contributed by atoms with Crippen LogP contribution in [-0.2, 0) is 4.74 Å². The van der Waals surface area contributed by atoms with E-state index in [9.17, 15) is 0 Å². The normalized spacial score (nSPS) is 16.8. The number of ether oxygens (including phenoxy) is 1. The summed E-state index contributed by atoms with van der Waals surface area (Å²) in [5.41, 5.74) is 2.74. The van der Waals surface area contributed by atoms with Gasteiger partial charge in [0.05, 0.1) is 6.10 Å². The first-order valence-electron chi connectivity index (χ1n) is 10.2. The maximum absolute atomic E-state index is 6.13. The molecule has 0 spiro atoms. The van der Waals surface area contributed by atoms with Crippen molar-refractivity contribution < 1.29 is 4.74 Å². The summed E-state index contributed by atoms with van der Waals surface area (Å²) in [5.74, 6) is 0.301. The van der Waals surface area contributed by atoms with Crippen LogP contribution in [0.15, 0.2) is 109 Å². The fraction of sp³-hybridized carbons (Fsp3) is 0.185. The first kappa shape index (κ1) is 19.8. The second kappa shape index (κ2) is 9.35. The van der Waals surface area contributed by atoms with Crippen LogP contribution in [0.25, 0.3) is 0 Å². The molecule has 1 aliphatic carbocycles. The average Bonchev–Trinajstić information content (AvgIpc) is 3.26. The largest absolute Gasteiger partial charge is 0.376 e. The van der Waals surface area contributed by atoms with Crippen LogP contribution in [0.2, 0.25) is 0 Å². The van der Waals surface area contributed by atoms with Gasteiger partial charge in [-0.3, -0.25) is 0 Å². The van der Waals surface area contributed by atoms with E-state index < -0.39 is 7.92 Å². The van der Waals surface area contributed by atoms with Crippen LogP contribution in [0.4, 0.5) is 0 Å². The zero-order chi connectivity index (χ0) is 20.1. The monoisotopic (exact) mass is 398 g/mol. The van der Waals surface area contributed by atoms with Gasteiger partial charge in [-0.25, -0.2) is 0 Å². The Labute approximate surface area is 175 Å². The molecule has 1 aliphatic rings. The molecule has 0 radical (unpaired) electrons. The molecule has 0 amide bonds. The van der Waals surface area contributed by atoms with Gasteiger partial charge >= 0.3 is 0 Å². The van der Waals surface area contributed by atoms with Crippen LogP contribution >= 0.6 is 7.92 Å². The van der Waals surface area contributed by atoms with E-state index in [1.807, 2.05) is 7.11 Å². The van der Waals surface area contributed by atoms with Crippen molar-refractivity contribution in [3.8, 4) is 0 Å². The van der Waals surface area contributed by atoms with E-state index in [0.717, 1.165) is 6.42 Å². The fourth-order valence-electron chi connectivity index (χ4n) is 4.16. The third-order valence-electron chi connectivity index (χ3n) is 5.56. The number of rotatable bonds is 7. The molecule has 146 valence electrons. The molecule has 3 aromatic rings. The van der Waals surface area contributed by atoms with Crippen molar-refractivity contribution in [3.63, 3.8) is 0 Å². The minimum absolute atomic E-state index is 0.0218. The van der Waals surface area contributed by atoms with Crippen molar-refractivity contribution in [3.05, 3.63) is 114 Å². The molecule has 0 saturated heterocycles. The smallest absolute Gasteiger partial charge is 0.0927 e. The van der Waals surface area contributed by atoms with Gasteiger partial charge in [0.1, 0.15) is 0 Å². The molecule has 1 nitrogen and oxygen atoms in total. The lowest BCUT2D eigenvalue weighted by Crippen LogP contribution is -2.27. The molecular formula is C27H27OP. The van der Waals surface area contributed by atoms with E-state index in [1.54, 1.807) is 0 Å². The van der Waals surface area contributed by atoms with Gasteiger partial charge in [0.2, 0.25) is 0 Å². The third kappa shape index (κ3) is 4.13. The van der Waals surface area contributed by atoms with E-state index in [1.165, 1.54) is 27.1 Å². The van der Waals surface area contributed by atoms with Gasteiger partial charge in [-0.2, -0.15) is 0 Å². The zero-order valence-corrected chi connectivity index (χ0v) is 17.9. The predicted octanol–water partition coefficient (Wildman–Crippen LogP) is 5.65. The van der Waals surface area contributed by atoms with Crippen LogP contribution in [-0.4, -0.2) is 7.11 Å². The zero-order valence-electron chi connectivity index (χ0n) is 17.0. The molecule has 1 unspecified atom stereocenters. The second-order valence-corrected chi connectivity index (χ2v) is 9.41. The van der Waals surface area contributed by atoms with Gasteiger partial charge in [-0.1, -0.05) is 116 Å². The molecule has 0 aliphatic heterocycles. The highest BCUT2D eigenvalue weighted by Crippen LogP contribution is 2.41. The molecule has 0 bridgehead atoms. The minimum atomic E-state index is -0.661. The van der Waals surface area contributed by atoms with E-state index in [0.29, 0.717) is 5.92 Å². The minimum Gasteiger partial charge on any atom is -0.376 e. The number of hydrogen-bond acceptors (Lipinski definition) is 1. The maximum atomic E-state index is 6.13. The van der Waals surface area contributed by atoms with E-state index in [2.05, 4.69) is 110 Å². The summed E-state index contributed by atoms with van der Waals surface area (Å²) in [6, 6.07) is 30.6. The Morgan fingerprint density at radius 3 is 2.00 bits per heavy atom. The van der Waals surface area contributed by atoms with Gasteiger partial charge < -0.3 is 4.74 Å². The van der Waals surface area contributed by atoms with Crippen LogP contribution in [0, 0.1) is 5.92 Å². The van der Waals surface area contributed by atoms with Crippen LogP contribution in [0.1, 0.15) is 25.0 Å². The second-order valence-electron chi connectivity index (χ2n) is 7.23. The van der Waals surface area contributed by atoms with Gasteiger partial charge in [-0.15, -0.1) is 0 Å². The lowest BCUT2D eigenvalue weighted by molar-refractivity contribution is 0.0801. The molecule has 0 fully saturated rings. The Kier molecular flexibility index (Phi) is 6.39. The number of allylic oxidation sites excluding steroid dienone is 2. The summed E-state index contributed by atoms with van der Waals surface area (Å²) < 4.78 is 6.13. The Morgan fingerprint density at radius 2 is 1.41 bits per heavy atom. The Balaban J connectivity index is 1.85. The van der Waals surface area contributed by atoms with Crippen molar-refractivity contribution in [1.82, 2.24) is 0 Å². The summed E-state index contributed by atoms with van der Waals surface area (Å²) in [6.45, 7) is 2.23. The fourth-order valence-corrected chi connectivity index (χ4v) is 6.65. The molecule has 0 saturated carbocycles. The molecule has 3 aromatic carbocycles. The number of methoxy groups -OCH3 is 1. The summed E-state index contributed by atoms with van der Waals surface area (Å²) in [7, 11) is 1.18. The molecule has 4 rings (SSSR count). The van der Waals surface area contributed by atoms with Crippen LogP contribution < -0.4 is 15.9 Å². The van der Waals surface area contributed by atoms with Crippen molar-refractivity contribution in [2.24, 2.45) is 5.92 Å². The van der Waals surface area contributed by atoms with Gasteiger partial charge in [0.25, 0.3) is 0 Å². The van der Waals surface area contributed by atoms with Crippen molar-refractivity contribution >= 4 is 23.8 Å². The Bertz CT molecular complexity index is 952. The molecule has 29 heavy (non-hydrogen) atoms. The molecule has 0 aromatic heterocycles.